The van der Waals surface area contributed by atoms with E-state index in [1.165, 1.54) is 64.2 Å². The quantitative estimate of drug-likeness (QED) is 0.228. The molecular formula is C19H36O6. The van der Waals surface area contributed by atoms with E-state index < -0.39 is 18.7 Å². The minimum atomic E-state index is -0.712. The third kappa shape index (κ3) is 19.0. The third-order valence-corrected chi connectivity index (χ3v) is 3.93. The number of hydrogen-bond donors (Lipinski definition) is 1. The second kappa shape index (κ2) is 19.2. The molecule has 1 N–H and O–H groups in total. The van der Waals surface area contributed by atoms with Crippen LogP contribution in [0, 0.1) is 0 Å². The zero-order valence-electron chi connectivity index (χ0n) is 15.8. The normalized spacial score (nSPS) is 10.6. The maximum absolute atomic E-state index is 11.3. The molecule has 0 saturated carbocycles. The Hall–Kier alpha value is -1.14. The third-order valence-electron chi connectivity index (χ3n) is 3.93. The second-order valence-electron chi connectivity index (χ2n) is 6.25. The van der Waals surface area contributed by atoms with Crippen molar-refractivity contribution in [3.05, 3.63) is 0 Å². The summed E-state index contributed by atoms with van der Waals surface area (Å²) in [6, 6.07) is 0. The summed E-state index contributed by atoms with van der Waals surface area (Å²) in [4.78, 5) is 22.2. The van der Waals surface area contributed by atoms with Crippen LogP contribution in [0.2, 0.25) is 0 Å². The highest BCUT2D eigenvalue weighted by Gasteiger charge is 2.06. The van der Waals surface area contributed by atoms with E-state index in [1.54, 1.807) is 0 Å². The standard InChI is InChI=1S/C19H36O6/c1-2-3-4-5-6-7-8-9-10-11-12-13-14-24-18(21)15-23-16-19(22)25-17-20/h20H,2-17H2,1H3. The zero-order chi connectivity index (χ0) is 18.6. The number of carbonyl (C=O) groups excluding carboxylic acids is 2. The molecule has 0 bridgehead atoms. The summed E-state index contributed by atoms with van der Waals surface area (Å²) >= 11 is 0. The van der Waals surface area contributed by atoms with Gasteiger partial charge >= 0.3 is 11.9 Å². The lowest BCUT2D eigenvalue weighted by atomic mass is 10.1. The average Bonchev–Trinajstić information content (AvgIpc) is 2.59. The number of unbranched alkanes of at least 4 members (excludes halogenated alkanes) is 11. The largest absolute Gasteiger partial charge is 0.464 e. The van der Waals surface area contributed by atoms with Crippen molar-refractivity contribution in [1.82, 2.24) is 0 Å². The fourth-order valence-electron chi connectivity index (χ4n) is 2.50. The Labute approximate surface area is 152 Å². The van der Waals surface area contributed by atoms with Crippen LogP contribution >= 0.6 is 0 Å². The summed E-state index contributed by atoms with van der Waals surface area (Å²) < 4.78 is 14.1. The van der Waals surface area contributed by atoms with Gasteiger partial charge in [-0.1, -0.05) is 77.6 Å². The van der Waals surface area contributed by atoms with Gasteiger partial charge in [-0.05, 0) is 6.42 Å². The summed E-state index contributed by atoms with van der Waals surface area (Å²) in [6.45, 7) is 1.30. The van der Waals surface area contributed by atoms with E-state index in [-0.39, 0.29) is 13.2 Å². The van der Waals surface area contributed by atoms with E-state index in [1.807, 2.05) is 0 Å². The summed E-state index contributed by atoms with van der Waals surface area (Å²) in [5.74, 6) is -1.20. The van der Waals surface area contributed by atoms with Crippen LogP contribution in [-0.4, -0.2) is 43.7 Å². The SMILES string of the molecule is CCCCCCCCCCCCCCOC(=O)COCC(=O)OCO. The molecule has 0 aliphatic heterocycles. The molecule has 0 unspecified atom stereocenters. The average molecular weight is 360 g/mol. The highest BCUT2D eigenvalue weighted by atomic mass is 16.6. The van der Waals surface area contributed by atoms with E-state index in [0.717, 1.165) is 12.8 Å². The maximum atomic E-state index is 11.3. The van der Waals surface area contributed by atoms with Gasteiger partial charge in [-0.2, -0.15) is 0 Å². The highest BCUT2D eigenvalue weighted by molar-refractivity contribution is 5.73. The van der Waals surface area contributed by atoms with Crippen LogP contribution in [0.15, 0.2) is 0 Å². The van der Waals surface area contributed by atoms with Gasteiger partial charge in [0.1, 0.15) is 13.2 Å². The van der Waals surface area contributed by atoms with Crippen LogP contribution in [-0.2, 0) is 23.8 Å². The van der Waals surface area contributed by atoms with Crippen molar-refractivity contribution in [2.24, 2.45) is 0 Å². The number of hydrogen-bond acceptors (Lipinski definition) is 6. The minimum Gasteiger partial charge on any atom is -0.464 e. The molecule has 0 aliphatic carbocycles. The first kappa shape index (κ1) is 23.9. The van der Waals surface area contributed by atoms with Gasteiger partial charge in [-0.25, -0.2) is 9.59 Å². The van der Waals surface area contributed by atoms with E-state index in [0.29, 0.717) is 6.61 Å². The molecule has 25 heavy (non-hydrogen) atoms. The highest BCUT2D eigenvalue weighted by Crippen LogP contribution is 2.11. The molecular weight excluding hydrogens is 324 g/mol. The van der Waals surface area contributed by atoms with Crippen LogP contribution in [0.4, 0.5) is 0 Å². The molecule has 148 valence electrons. The molecule has 0 radical (unpaired) electrons. The Morgan fingerprint density at radius 1 is 0.680 bits per heavy atom. The first-order valence-electron chi connectivity index (χ1n) is 9.70. The maximum Gasteiger partial charge on any atom is 0.334 e. The van der Waals surface area contributed by atoms with Crippen molar-refractivity contribution in [1.29, 1.82) is 0 Å². The fourth-order valence-corrected chi connectivity index (χ4v) is 2.50. The molecule has 0 aromatic heterocycles. The topological polar surface area (TPSA) is 82.1 Å². The molecule has 0 fully saturated rings. The Bertz CT molecular complexity index is 319. The van der Waals surface area contributed by atoms with E-state index >= 15 is 0 Å². The van der Waals surface area contributed by atoms with Gasteiger partial charge in [0.05, 0.1) is 6.61 Å². The predicted octanol–water partition coefficient (Wildman–Crippen LogP) is 3.74. The molecule has 0 aliphatic rings. The Morgan fingerprint density at radius 3 is 1.60 bits per heavy atom. The molecule has 0 atom stereocenters. The van der Waals surface area contributed by atoms with Gasteiger partial charge in [0.15, 0.2) is 6.79 Å². The van der Waals surface area contributed by atoms with Crippen LogP contribution in [0.5, 0.6) is 0 Å². The molecule has 0 spiro atoms. The van der Waals surface area contributed by atoms with Crippen molar-refractivity contribution in [2.75, 3.05) is 26.6 Å². The minimum absolute atomic E-state index is 0.279. The van der Waals surface area contributed by atoms with Gasteiger partial charge in [0.25, 0.3) is 0 Å². The molecule has 0 saturated heterocycles. The molecule has 0 rings (SSSR count). The molecule has 0 amide bonds. The summed E-state index contributed by atoms with van der Waals surface area (Å²) in [7, 11) is 0. The van der Waals surface area contributed by atoms with Crippen molar-refractivity contribution in [2.45, 2.75) is 84.0 Å². The molecule has 6 heteroatoms. The number of ether oxygens (including phenoxy) is 3. The summed E-state index contributed by atoms with van der Waals surface area (Å²) in [5.41, 5.74) is 0. The molecule has 0 aromatic carbocycles. The van der Waals surface area contributed by atoms with Crippen LogP contribution < -0.4 is 0 Å². The smallest absolute Gasteiger partial charge is 0.334 e. The van der Waals surface area contributed by atoms with E-state index in [2.05, 4.69) is 11.7 Å². The first-order chi connectivity index (χ1) is 12.2. The number of rotatable bonds is 18. The number of carbonyl (C=O) groups is 2. The molecule has 0 heterocycles. The number of esters is 2. The summed E-state index contributed by atoms with van der Waals surface area (Å²) in [5, 5.41) is 8.34. The van der Waals surface area contributed by atoms with Crippen molar-refractivity contribution < 1.29 is 28.9 Å². The van der Waals surface area contributed by atoms with Gasteiger partial charge in [0, 0.05) is 0 Å². The lowest BCUT2D eigenvalue weighted by Crippen LogP contribution is -2.19. The number of aliphatic hydroxyl groups is 1. The lowest BCUT2D eigenvalue weighted by molar-refractivity contribution is -0.160. The zero-order valence-corrected chi connectivity index (χ0v) is 15.8. The van der Waals surface area contributed by atoms with Crippen LogP contribution in [0.3, 0.4) is 0 Å². The second-order valence-corrected chi connectivity index (χ2v) is 6.25. The van der Waals surface area contributed by atoms with Gasteiger partial charge < -0.3 is 19.3 Å². The Kier molecular flexibility index (Phi) is 18.3. The van der Waals surface area contributed by atoms with Crippen LogP contribution in [0.1, 0.15) is 84.0 Å². The van der Waals surface area contributed by atoms with Crippen molar-refractivity contribution >= 4 is 11.9 Å². The van der Waals surface area contributed by atoms with Crippen molar-refractivity contribution in [3.63, 3.8) is 0 Å². The van der Waals surface area contributed by atoms with Gasteiger partial charge in [-0.15, -0.1) is 0 Å². The van der Waals surface area contributed by atoms with Gasteiger partial charge in [0.2, 0.25) is 0 Å². The first-order valence-corrected chi connectivity index (χ1v) is 9.70. The predicted molar refractivity (Wildman–Crippen MR) is 96.0 cm³/mol. The Balaban J connectivity index is 3.19. The summed E-state index contributed by atoms with van der Waals surface area (Å²) in [6.07, 6.45) is 15.1. The van der Waals surface area contributed by atoms with Gasteiger partial charge in [-0.3, -0.25) is 0 Å². The fraction of sp³-hybridized carbons (Fsp3) is 0.895. The molecule has 0 aromatic rings. The number of aliphatic hydroxyl groups excluding tert-OH is 1. The Morgan fingerprint density at radius 2 is 1.12 bits per heavy atom. The van der Waals surface area contributed by atoms with E-state index in [9.17, 15) is 9.59 Å². The van der Waals surface area contributed by atoms with Crippen LogP contribution in [0.25, 0.3) is 0 Å². The lowest BCUT2D eigenvalue weighted by Gasteiger charge is -2.06. The van der Waals surface area contributed by atoms with E-state index in [4.69, 9.17) is 14.6 Å². The molecule has 6 nitrogen and oxygen atoms in total. The monoisotopic (exact) mass is 360 g/mol. The van der Waals surface area contributed by atoms with Crippen molar-refractivity contribution in [3.8, 4) is 0 Å².